The van der Waals surface area contributed by atoms with Crippen molar-refractivity contribution in [2.45, 2.75) is 26.7 Å². The predicted molar refractivity (Wildman–Crippen MR) is 164 cm³/mol. The van der Waals surface area contributed by atoms with Crippen LogP contribution in [0.3, 0.4) is 0 Å². The number of hydrogen-bond acceptors (Lipinski definition) is 2. The maximum absolute atomic E-state index is 14.5. The molecule has 0 aromatic heterocycles. The van der Waals surface area contributed by atoms with E-state index < -0.39 is 0 Å². The maximum Gasteiger partial charge on any atom is 0.195 e. The van der Waals surface area contributed by atoms with Crippen LogP contribution < -0.4 is 0 Å². The lowest BCUT2D eigenvalue weighted by atomic mass is 9.72. The average Bonchev–Trinajstić information content (AvgIpc) is 3.01. The van der Waals surface area contributed by atoms with Gasteiger partial charge in [-0.3, -0.25) is 9.59 Å². The molecule has 1 aliphatic rings. The van der Waals surface area contributed by atoms with Crippen LogP contribution in [0.1, 0.15) is 56.8 Å². The second-order valence-electron chi connectivity index (χ2n) is 10.4. The summed E-state index contributed by atoms with van der Waals surface area (Å²) in [5, 5.41) is 4.39. The molecule has 0 aliphatic heterocycles. The Hall–Kier alpha value is -4.82. The molecule has 0 amide bonds. The molecule has 2 nitrogen and oxygen atoms in total. The molecular formula is C38H28O2. The van der Waals surface area contributed by atoms with Gasteiger partial charge in [0.25, 0.3) is 0 Å². The second-order valence-corrected chi connectivity index (χ2v) is 10.4. The van der Waals surface area contributed by atoms with Crippen LogP contribution in [0.2, 0.25) is 0 Å². The zero-order valence-electron chi connectivity index (χ0n) is 22.6. The number of ketones is 2. The fourth-order valence-electron chi connectivity index (χ4n) is 6.72. The van der Waals surface area contributed by atoms with Crippen molar-refractivity contribution in [2.24, 2.45) is 0 Å². The Labute approximate surface area is 233 Å². The first-order chi connectivity index (χ1) is 19.6. The number of hydrogen-bond donors (Lipinski definition) is 0. The summed E-state index contributed by atoms with van der Waals surface area (Å²) in [7, 11) is 0. The van der Waals surface area contributed by atoms with Crippen LogP contribution in [0.15, 0.2) is 109 Å². The number of carbonyl (C=O) groups excluding carboxylic acids is 2. The van der Waals surface area contributed by atoms with Crippen LogP contribution in [0, 0.1) is 0 Å². The first-order valence-electron chi connectivity index (χ1n) is 14.0. The van der Waals surface area contributed by atoms with Gasteiger partial charge in [-0.1, -0.05) is 123 Å². The zero-order chi connectivity index (χ0) is 27.4. The van der Waals surface area contributed by atoms with E-state index in [1.807, 2.05) is 36.4 Å². The fraction of sp³-hybridized carbons (Fsp3) is 0.105. The van der Waals surface area contributed by atoms with Crippen molar-refractivity contribution < 1.29 is 9.59 Å². The minimum Gasteiger partial charge on any atom is -0.289 e. The molecule has 192 valence electrons. The van der Waals surface area contributed by atoms with Crippen LogP contribution >= 0.6 is 0 Å². The molecule has 0 heterocycles. The third-order valence-electron chi connectivity index (χ3n) is 8.41. The normalized spacial score (nSPS) is 12.6. The standard InChI is InChI=1S/C38H28O2/c1-3-25-26(4-2)34(30-22-12-16-24-14-6-8-18-28(24)30)36-35(37(39)31-19-9-10-20-32(31)38(36)40)33(25)29-21-11-15-23-13-5-7-17-27(23)29/h5-22H,3-4H2,1-2H3. The third kappa shape index (κ3) is 3.42. The molecule has 0 bridgehead atoms. The number of benzene rings is 6. The summed E-state index contributed by atoms with van der Waals surface area (Å²) in [6.07, 6.45) is 1.49. The summed E-state index contributed by atoms with van der Waals surface area (Å²) in [5.74, 6) is -0.154. The molecule has 0 spiro atoms. The van der Waals surface area contributed by atoms with Gasteiger partial charge >= 0.3 is 0 Å². The van der Waals surface area contributed by atoms with Gasteiger partial charge in [-0.15, -0.1) is 0 Å². The van der Waals surface area contributed by atoms with Gasteiger partial charge < -0.3 is 0 Å². The molecule has 0 atom stereocenters. The van der Waals surface area contributed by atoms with Crippen molar-refractivity contribution in [3.05, 3.63) is 143 Å². The summed E-state index contributed by atoms with van der Waals surface area (Å²) in [4.78, 5) is 29.1. The Morgan fingerprint density at radius 2 is 0.750 bits per heavy atom. The number of rotatable bonds is 4. The Balaban J connectivity index is 1.72. The number of fused-ring (bicyclic) bond motifs is 4. The van der Waals surface area contributed by atoms with Crippen molar-refractivity contribution >= 4 is 33.1 Å². The number of carbonyl (C=O) groups is 2. The van der Waals surface area contributed by atoms with Crippen molar-refractivity contribution in [1.82, 2.24) is 0 Å². The van der Waals surface area contributed by atoms with Gasteiger partial charge in [0.2, 0.25) is 0 Å². The average molecular weight is 517 g/mol. The van der Waals surface area contributed by atoms with Crippen molar-refractivity contribution in [3.8, 4) is 22.3 Å². The molecular weight excluding hydrogens is 488 g/mol. The Morgan fingerprint density at radius 3 is 1.18 bits per heavy atom. The Kier molecular flexibility index (Phi) is 5.71. The summed E-state index contributed by atoms with van der Waals surface area (Å²) in [6.45, 7) is 4.32. The van der Waals surface area contributed by atoms with E-state index in [2.05, 4.69) is 74.5 Å². The lowest BCUT2D eigenvalue weighted by Crippen LogP contribution is -2.25. The molecule has 7 rings (SSSR count). The van der Waals surface area contributed by atoms with Gasteiger partial charge in [0.15, 0.2) is 11.6 Å². The van der Waals surface area contributed by atoms with Gasteiger partial charge in [-0.2, -0.15) is 0 Å². The maximum atomic E-state index is 14.5. The molecule has 0 fully saturated rings. The minimum absolute atomic E-state index is 0.0769. The Bertz CT molecular complexity index is 1860. The van der Waals surface area contributed by atoms with Gasteiger partial charge in [0.1, 0.15) is 0 Å². The van der Waals surface area contributed by atoms with E-state index in [4.69, 9.17) is 0 Å². The van der Waals surface area contributed by atoms with Crippen molar-refractivity contribution in [3.63, 3.8) is 0 Å². The third-order valence-corrected chi connectivity index (χ3v) is 8.41. The topological polar surface area (TPSA) is 34.1 Å². The molecule has 0 saturated heterocycles. The van der Waals surface area contributed by atoms with Crippen LogP contribution in [0.5, 0.6) is 0 Å². The summed E-state index contributed by atoms with van der Waals surface area (Å²) in [6, 6.07) is 36.4. The summed E-state index contributed by atoms with van der Waals surface area (Å²) < 4.78 is 0. The lowest BCUT2D eigenvalue weighted by Gasteiger charge is -2.29. The monoisotopic (exact) mass is 516 g/mol. The zero-order valence-corrected chi connectivity index (χ0v) is 22.6. The van der Waals surface area contributed by atoms with E-state index in [-0.39, 0.29) is 11.6 Å². The highest BCUT2D eigenvalue weighted by Gasteiger charge is 2.37. The molecule has 0 radical (unpaired) electrons. The van der Waals surface area contributed by atoms with Crippen LogP contribution in [-0.4, -0.2) is 11.6 Å². The van der Waals surface area contributed by atoms with Crippen molar-refractivity contribution in [2.75, 3.05) is 0 Å². The summed E-state index contributed by atoms with van der Waals surface area (Å²) >= 11 is 0. The van der Waals surface area contributed by atoms with Crippen LogP contribution in [0.4, 0.5) is 0 Å². The van der Waals surface area contributed by atoms with E-state index in [0.717, 1.165) is 67.8 Å². The molecule has 0 saturated carbocycles. The van der Waals surface area contributed by atoms with Gasteiger partial charge in [0, 0.05) is 22.3 Å². The quantitative estimate of drug-likeness (QED) is 0.234. The molecule has 0 N–H and O–H groups in total. The van der Waals surface area contributed by atoms with E-state index in [1.165, 1.54) is 0 Å². The lowest BCUT2D eigenvalue weighted by molar-refractivity contribution is 0.0980. The molecule has 40 heavy (non-hydrogen) atoms. The van der Waals surface area contributed by atoms with E-state index in [0.29, 0.717) is 22.3 Å². The molecule has 0 unspecified atom stereocenters. The van der Waals surface area contributed by atoms with Crippen LogP contribution in [-0.2, 0) is 12.8 Å². The first-order valence-corrected chi connectivity index (χ1v) is 14.0. The predicted octanol–water partition coefficient (Wildman–Crippen LogP) is 9.23. The molecule has 1 aliphatic carbocycles. The summed E-state index contributed by atoms with van der Waals surface area (Å²) in [5.41, 5.74) is 8.15. The van der Waals surface area contributed by atoms with Gasteiger partial charge in [0.05, 0.1) is 0 Å². The van der Waals surface area contributed by atoms with E-state index in [1.54, 1.807) is 12.1 Å². The molecule has 6 aromatic carbocycles. The molecule has 2 heteroatoms. The smallest absolute Gasteiger partial charge is 0.195 e. The second kappa shape index (κ2) is 9.43. The first kappa shape index (κ1) is 24.2. The highest BCUT2D eigenvalue weighted by molar-refractivity contribution is 6.33. The SMILES string of the molecule is CCc1c(CC)c(-c2cccc3ccccc23)c2c(c1-c1cccc3ccccc13)C(=O)c1ccccc1C2=O. The highest BCUT2D eigenvalue weighted by atomic mass is 16.1. The largest absolute Gasteiger partial charge is 0.289 e. The van der Waals surface area contributed by atoms with Crippen LogP contribution in [0.25, 0.3) is 43.8 Å². The van der Waals surface area contributed by atoms with E-state index >= 15 is 0 Å². The highest BCUT2D eigenvalue weighted by Crippen LogP contribution is 2.47. The van der Waals surface area contributed by atoms with Gasteiger partial charge in [-0.05, 0) is 67.8 Å². The van der Waals surface area contributed by atoms with Gasteiger partial charge in [-0.25, -0.2) is 0 Å². The molecule has 6 aromatic rings. The fourth-order valence-corrected chi connectivity index (χ4v) is 6.72. The Morgan fingerprint density at radius 1 is 0.400 bits per heavy atom. The van der Waals surface area contributed by atoms with Crippen molar-refractivity contribution in [1.29, 1.82) is 0 Å². The minimum atomic E-state index is -0.0769. The van der Waals surface area contributed by atoms with E-state index in [9.17, 15) is 9.59 Å².